The van der Waals surface area contributed by atoms with E-state index >= 15 is 0 Å². The Morgan fingerprint density at radius 1 is 1.18 bits per heavy atom. The molecular weight excluding hydrogens is 314 g/mol. The quantitative estimate of drug-likeness (QED) is 0.894. The Hall–Kier alpha value is -1.54. The van der Waals surface area contributed by atoms with Gasteiger partial charge < -0.3 is 5.32 Å². The lowest BCUT2D eigenvalue weighted by Crippen LogP contribution is -2.47. The summed E-state index contributed by atoms with van der Waals surface area (Å²) < 4.78 is 52.0. The largest absolute Gasteiger partial charge is 0.350 e. The van der Waals surface area contributed by atoms with Gasteiger partial charge in [-0.1, -0.05) is 6.92 Å². The van der Waals surface area contributed by atoms with Crippen LogP contribution in [0.1, 0.15) is 27.7 Å². The van der Waals surface area contributed by atoms with E-state index in [4.69, 9.17) is 0 Å². The molecule has 0 bridgehead atoms. The van der Waals surface area contributed by atoms with E-state index in [0.717, 1.165) is 16.4 Å². The highest BCUT2D eigenvalue weighted by atomic mass is 32.2. The van der Waals surface area contributed by atoms with Gasteiger partial charge in [0.2, 0.25) is 15.9 Å². The Labute approximate surface area is 129 Å². The van der Waals surface area contributed by atoms with Gasteiger partial charge in [0.1, 0.15) is 11.6 Å². The van der Waals surface area contributed by atoms with Gasteiger partial charge in [-0.25, -0.2) is 17.2 Å². The lowest BCUT2D eigenvalue weighted by molar-refractivity contribution is -0.122. The summed E-state index contributed by atoms with van der Waals surface area (Å²) >= 11 is 0. The molecule has 1 amide bonds. The Balaban J connectivity index is 3.04. The molecule has 0 aliphatic heterocycles. The molecule has 0 aromatic heterocycles. The van der Waals surface area contributed by atoms with Crippen LogP contribution < -0.4 is 5.32 Å². The highest BCUT2D eigenvalue weighted by Gasteiger charge is 2.27. The average Bonchev–Trinajstić information content (AvgIpc) is 2.32. The second-order valence-corrected chi connectivity index (χ2v) is 7.77. The zero-order chi connectivity index (χ0) is 17.1. The molecule has 0 fully saturated rings. The van der Waals surface area contributed by atoms with Crippen molar-refractivity contribution in [3.63, 3.8) is 0 Å². The molecule has 1 rings (SSSR count). The molecule has 0 atom stereocenters. The summed E-state index contributed by atoms with van der Waals surface area (Å²) in [4.78, 5) is 11.4. The average molecular weight is 334 g/mol. The van der Waals surface area contributed by atoms with Crippen LogP contribution in [-0.2, 0) is 14.8 Å². The fourth-order valence-corrected chi connectivity index (χ4v) is 3.26. The van der Waals surface area contributed by atoms with E-state index in [0.29, 0.717) is 6.07 Å². The number of amides is 1. The first-order valence-electron chi connectivity index (χ1n) is 6.73. The van der Waals surface area contributed by atoms with Crippen molar-refractivity contribution in [2.45, 2.75) is 38.1 Å². The summed E-state index contributed by atoms with van der Waals surface area (Å²) in [5.74, 6) is -2.47. The molecule has 8 heteroatoms. The van der Waals surface area contributed by atoms with Crippen LogP contribution in [0.2, 0.25) is 0 Å². The van der Waals surface area contributed by atoms with Crippen LogP contribution in [0.3, 0.4) is 0 Å². The maximum absolute atomic E-state index is 13.2. The maximum atomic E-state index is 13.2. The third-order valence-corrected chi connectivity index (χ3v) is 4.56. The molecule has 22 heavy (non-hydrogen) atoms. The fourth-order valence-electron chi connectivity index (χ4n) is 1.81. The van der Waals surface area contributed by atoms with Crippen molar-refractivity contribution in [2.75, 3.05) is 13.1 Å². The monoisotopic (exact) mass is 334 g/mol. The Bertz CT molecular complexity index is 634. The van der Waals surface area contributed by atoms with Gasteiger partial charge in [-0.15, -0.1) is 0 Å². The lowest BCUT2D eigenvalue weighted by atomic mass is 10.1. The fraction of sp³-hybridized carbons (Fsp3) is 0.500. The summed E-state index contributed by atoms with van der Waals surface area (Å²) in [5, 5.41) is 2.64. The molecule has 1 aromatic carbocycles. The number of nitrogens with zero attached hydrogens (tertiary/aromatic N) is 1. The molecule has 0 radical (unpaired) electrons. The molecule has 0 spiro atoms. The Morgan fingerprint density at radius 3 is 2.09 bits per heavy atom. The zero-order valence-electron chi connectivity index (χ0n) is 13.0. The van der Waals surface area contributed by atoms with Gasteiger partial charge in [0.05, 0.1) is 11.4 Å². The van der Waals surface area contributed by atoms with Gasteiger partial charge in [-0.2, -0.15) is 4.31 Å². The SMILES string of the molecule is CCN(CC(=O)NC(C)(C)C)S(=O)(=O)c1cc(F)cc(F)c1. The van der Waals surface area contributed by atoms with Crippen molar-refractivity contribution in [3.8, 4) is 0 Å². The highest BCUT2D eigenvalue weighted by Crippen LogP contribution is 2.18. The molecule has 0 aliphatic carbocycles. The summed E-state index contributed by atoms with van der Waals surface area (Å²) in [7, 11) is -4.15. The van der Waals surface area contributed by atoms with Crippen molar-refractivity contribution >= 4 is 15.9 Å². The molecule has 5 nitrogen and oxygen atoms in total. The summed E-state index contributed by atoms with van der Waals surface area (Å²) in [6, 6.07) is 2.03. The van der Waals surface area contributed by atoms with Gasteiger partial charge in [0.25, 0.3) is 0 Å². The summed E-state index contributed by atoms with van der Waals surface area (Å²) in [6.07, 6.45) is 0. The van der Waals surface area contributed by atoms with Gasteiger partial charge in [0, 0.05) is 18.2 Å². The molecular formula is C14H20F2N2O3S. The number of sulfonamides is 1. The predicted octanol–water partition coefficient (Wildman–Crippen LogP) is 1.89. The molecule has 0 aliphatic rings. The van der Waals surface area contributed by atoms with Crippen LogP contribution in [0, 0.1) is 11.6 Å². The minimum atomic E-state index is -4.15. The van der Waals surface area contributed by atoms with Gasteiger partial charge in [-0.3, -0.25) is 4.79 Å². The van der Waals surface area contributed by atoms with Crippen LogP contribution in [0.4, 0.5) is 8.78 Å². The van der Waals surface area contributed by atoms with Crippen molar-refractivity contribution in [1.82, 2.24) is 9.62 Å². The highest BCUT2D eigenvalue weighted by molar-refractivity contribution is 7.89. The van der Waals surface area contributed by atoms with Gasteiger partial charge in [-0.05, 0) is 32.9 Å². The molecule has 0 saturated heterocycles. The molecule has 124 valence electrons. The van der Waals surface area contributed by atoms with Gasteiger partial charge in [0.15, 0.2) is 0 Å². The van der Waals surface area contributed by atoms with E-state index in [9.17, 15) is 22.0 Å². The number of carbonyl (C=O) groups excluding carboxylic acids is 1. The third kappa shape index (κ3) is 5.03. The number of halogens is 2. The van der Waals surface area contributed by atoms with Crippen molar-refractivity contribution in [1.29, 1.82) is 0 Å². The van der Waals surface area contributed by atoms with Crippen LogP contribution in [0.5, 0.6) is 0 Å². The van der Waals surface area contributed by atoms with E-state index in [1.54, 1.807) is 20.8 Å². The Morgan fingerprint density at radius 2 is 1.68 bits per heavy atom. The number of benzene rings is 1. The minimum absolute atomic E-state index is 0.00196. The first-order chi connectivity index (χ1) is 9.95. The second kappa shape index (κ2) is 6.70. The van der Waals surface area contributed by atoms with Crippen molar-refractivity contribution in [2.24, 2.45) is 0 Å². The topological polar surface area (TPSA) is 66.5 Å². The normalized spacial score (nSPS) is 12.5. The van der Waals surface area contributed by atoms with Gasteiger partial charge >= 0.3 is 0 Å². The zero-order valence-corrected chi connectivity index (χ0v) is 13.8. The van der Waals surface area contributed by atoms with Crippen LogP contribution >= 0.6 is 0 Å². The number of carbonyl (C=O) groups is 1. The number of likely N-dealkylation sites (N-methyl/N-ethyl adjacent to an activating group) is 1. The molecule has 1 aromatic rings. The second-order valence-electron chi connectivity index (χ2n) is 5.83. The molecule has 0 unspecified atom stereocenters. The van der Waals surface area contributed by atoms with Crippen LogP contribution in [0.15, 0.2) is 23.1 Å². The third-order valence-electron chi connectivity index (χ3n) is 2.66. The summed E-state index contributed by atoms with van der Waals surface area (Å²) in [5.41, 5.74) is -0.509. The molecule has 0 heterocycles. The first-order valence-corrected chi connectivity index (χ1v) is 8.17. The van der Waals surface area contributed by atoms with E-state index in [1.165, 1.54) is 6.92 Å². The van der Waals surface area contributed by atoms with Crippen molar-refractivity contribution < 1.29 is 22.0 Å². The smallest absolute Gasteiger partial charge is 0.243 e. The first kappa shape index (κ1) is 18.5. The van der Waals surface area contributed by atoms with Crippen molar-refractivity contribution in [3.05, 3.63) is 29.8 Å². The maximum Gasteiger partial charge on any atom is 0.243 e. The predicted molar refractivity (Wildman–Crippen MR) is 78.7 cm³/mol. The Kier molecular flexibility index (Phi) is 5.64. The number of rotatable bonds is 5. The lowest BCUT2D eigenvalue weighted by Gasteiger charge is -2.24. The number of nitrogens with one attached hydrogen (secondary N) is 1. The molecule has 1 N–H and O–H groups in total. The van der Waals surface area contributed by atoms with Crippen LogP contribution in [0.25, 0.3) is 0 Å². The number of hydrogen-bond donors (Lipinski definition) is 1. The van der Waals surface area contributed by atoms with E-state index in [-0.39, 0.29) is 6.54 Å². The van der Waals surface area contributed by atoms with E-state index < -0.39 is 44.5 Å². The van der Waals surface area contributed by atoms with Crippen LogP contribution in [-0.4, -0.2) is 37.3 Å². The minimum Gasteiger partial charge on any atom is -0.350 e. The van der Waals surface area contributed by atoms with E-state index in [1.807, 2.05) is 0 Å². The van der Waals surface area contributed by atoms with E-state index in [2.05, 4.69) is 5.32 Å². The number of hydrogen-bond acceptors (Lipinski definition) is 3. The molecule has 0 saturated carbocycles. The standard InChI is InChI=1S/C14H20F2N2O3S/c1-5-18(9-13(19)17-14(2,3)4)22(20,21)12-7-10(15)6-11(16)8-12/h6-8H,5,9H2,1-4H3,(H,17,19). The summed E-state index contributed by atoms with van der Waals surface area (Å²) in [6.45, 7) is 6.40.